The fourth-order valence-electron chi connectivity index (χ4n) is 2.15. The van der Waals surface area contributed by atoms with Gasteiger partial charge in [-0.05, 0) is 43.4 Å². The predicted octanol–water partition coefficient (Wildman–Crippen LogP) is 0.799. The molecule has 1 aliphatic rings. The molecule has 1 aromatic rings. The number of aromatic nitrogens is 1. The van der Waals surface area contributed by atoms with Gasteiger partial charge in [-0.3, -0.25) is 14.6 Å². The van der Waals surface area contributed by atoms with Crippen molar-refractivity contribution < 1.29 is 9.59 Å². The van der Waals surface area contributed by atoms with Gasteiger partial charge in [-0.1, -0.05) is 0 Å². The molecule has 2 heterocycles. The number of pyridine rings is 1. The average molecular weight is 261 g/mol. The molecule has 1 aliphatic heterocycles. The molecule has 2 N–H and O–H groups in total. The van der Waals surface area contributed by atoms with Crippen molar-refractivity contribution in [3.05, 3.63) is 30.1 Å². The Hall–Kier alpha value is -1.91. The van der Waals surface area contributed by atoms with Crippen LogP contribution >= 0.6 is 0 Å². The zero-order valence-electron chi connectivity index (χ0n) is 10.9. The van der Waals surface area contributed by atoms with Crippen molar-refractivity contribution >= 4 is 11.8 Å². The first-order chi connectivity index (χ1) is 9.25. The Morgan fingerprint density at radius 2 is 2.16 bits per heavy atom. The minimum Gasteiger partial charge on any atom is -0.354 e. The Balaban J connectivity index is 1.79. The van der Waals surface area contributed by atoms with Crippen LogP contribution in [0, 0.1) is 0 Å². The zero-order chi connectivity index (χ0) is 13.5. The Morgan fingerprint density at radius 1 is 1.37 bits per heavy atom. The van der Waals surface area contributed by atoms with E-state index in [1.165, 1.54) is 0 Å². The van der Waals surface area contributed by atoms with Crippen LogP contribution in [0.2, 0.25) is 0 Å². The third kappa shape index (κ3) is 4.35. The van der Waals surface area contributed by atoms with Crippen LogP contribution in [0.25, 0.3) is 0 Å². The first-order valence-corrected chi connectivity index (χ1v) is 6.71. The first-order valence-electron chi connectivity index (χ1n) is 6.71. The maximum atomic E-state index is 11.8. The summed E-state index contributed by atoms with van der Waals surface area (Å²) in [5, 5.41) is 5.62. The third-order valence-electron chi connectivity index (χ3n) is 3.26. The molecule has 1 aromatic heterocycles. The van der Waals surface area contributed by atoms with Gasteiger partial charge in [0.05, 0.1) is 0 Å². The molecule has 2 rings (SSSR count). The number of carbonyl (C=O) groups is 2. The highest BCUT2D eigenvalue weighted by Gasteiger charge is 2.21. The van der Waals surface area contributed by atoms with Crippen molar-refractivity contribution in [2.75, 3.05) is 6.54 Å². The number of nitrogens with one attached hydrogen (secondary N) is 2. The molecule has 0 bridgehead atoms. The highest BCUT2D eigenvalue weighted by atomic mass is 16.2. The number of nitrogens with zero attached hydrogens (tertiary/aromatic N) is 1. The van der Waals surface area contributed by atoms with Gasteiger partial charge in [0.1, 0.15) is 6.04 Å². The highest BCUT2D eigenvalue weighted by Crippen LogP contribution is 2.06. The van der Waals surface area contributed by atoms with Gasteiger partial charge in [-0.2, -0.15) is 0 Å². The lowest BCUT2D eigenvalue weighted by Gasteiger charge is -2.15. The van der Waals surface area contributed by atoms with E-state index in [-0.39, 0.29) is 17.9 Å². The lowest BCUT2D eigenvalue weighted by molar-refractivity contribution is -0.128. The number of hydrogen-bond acceptors (Lipinski definition) is 3. The van der Waals surface area contributed by atoms with Gasteiger partial charge in [-0.15, -0.1) is 0 Å². The topological polar surface area (TPSA) is 71.1 Å². The molecule has 5 nitrogen and oxygen atoms in total. The fraction of sp³-hybridized carbons (Fsp3) is 0.500. The van der Waals surface area contributed by atoms with Crippen LogP contribution < -0.4 is 10.6 Å². The molecular weight excluding hydrogens is 242 g/mol. The van der Waals surface area contributed by atoms with Gasteiger partial charge in [-0.25, -0.2) is 0 Å². The first kappa shape index (κ1) is 13.5. The van der Waals surface area contributed by atoms with Crippen LogP contribution in [0.3, 0.4) is 0 Å². The van der Waals surface area contributed by atoms with Crippen molar-refractivity contribution in [1.29, 1.82) is 0 Å². The largest absolute Gasteiger partial charge is 0.354 e. The number of rotatable bonds is 4. The van der Waals surface area contributed by atoms with E-state index in [1.54, 1.807) is 12.4 Å². The average Bonchev–Trinajstić information content (AvgIpc) is 2.63. The second kappa shape index (κ2) is 6.87. The molecule has 0 unspecified atom stereocenters. The van der Waals surface area contributed by atoms with Crippen LogP contribution in [0.5, 0.6) is 0 Å². The summed E-state index contributed by atoms with van der Waals surface area (Å²) >= 11 is 0. The van der Waals surface area contributed by atoms with E-state index < -0.39 is 0 Å². The van der Waals surface area contributed by atoms with Gasteiger partial charge < -0.3 is 10.6 Å². The van der Waals surface area contributed by atoms with Gasteiger partial charge in [0.15, 0.2) is 0 Å². The number of hydrogen-bond donors (Lipinski definition) is 2. The van der Waals surface area contributed by atoms with E-state index in [9.17, 15) is 9.59 Å². The van der Waals surface area contributed by atoms with Crippen molar-refractivity contribution in [2.24, 2.45) is 0 Å². The molecule has 5 heteroatoms. The summed E-state index contributed by atoms with van der Waals surface area (Å²) in [6.45, 7) is 0.711. The quantitative estimate of drug-likeness (QED) is 0.842. The second-order valence-electron chi connectivity index (χ2n) is 4.76. The molecule has 1 atom stereocenters. The second-order valence-corrected chi connectivity index (χ2v) is 4.76. The van der Waals surface area contributed by atoms with Gasteiger partial charge >= 0.3 is 0 Å². The Kier molecular flexibility index (Phi) is 4.89. The van der Waals surface area contributed by atoms with E-state index >= 15 is 0 Å². The summed E-state index contributed by atoms with van der Waals surface area (Å²) in [5.74, 6) is -0.131. The molecule has 19 heavy (non-hydrogen) atoms. The van der Waals surface area contributed by atoms with Crippen LogP contribution in [0.4, 0.5) is 0 Å². The molecule has 0 radical (unpaired) electrons. The fourth-order valence-corrected chi connectivity index (χ4v) is 2.15. The van der Waals surface area contributed by atoms with Gasteiger partial charge in [0.25, 0.3) is 0 Å². The van der Waals surface area contributed by atoms with E-state index in [2.05, 4.69) is 15.6 Å². The summed E-state index contributed by atoms with van der Waals surface area (Å²) in [6, 6.07) is 3.42. The van der Waals surface area contributed by atoms with Crippen LogP contribution in [0.15, 0.2) is 24.5 Å². The lowest BCUT2D eigenvalue weighted by atomic mass is 10.1. The van der Waals surface area contributed by atoms with Crippen LogP contribution in [0.1, 0.15) is 31.2 Å². The van der Waals surface area contributed by atoms with Crippen molar-refractivity contribution in [3.63, 3.8) is 0 Å². The Bertz CT molecular complexity index is 434. The maximum Gasteiger partial charge on any atom is 0.242 e. The van der Waals surface area contributed by atoms with Crippen molar-refractivity contribution in [1.82, 2.24) is 15.6 Å². The summed E-state index contributed by atoms with van der Waals surface area (Å²) in [6.07, 6.45) is 7.17. The van der Waals surface area contributed by atoms with Crippen LogP contribution in [-0.2, 0) is 16.0 Å². The monoisotopic (exact) mass is 261 g/mol. The smallest absolute Gasteiger partial charge is 0.242 e. The summed E-state index contributed by atoms with van der Waals surface area (Å²) < 4.78 is 0. The van der Waals surface area contributed by atoms with E-state index in [4.69, 9.17) is 0 Å². The summed E-state index contributed by atoms with van der Waals surface area (Å²) in [4.78, 5) is 27.5. The minimum atomic E-state index is -0.368. The Labute approximate surface area is 112 Å². The number of amides is 2. The standard InChI is InChI=1S/C14H19N3O2/c18-13(5-4-11-6-9-15-10-7-11)17-12-3-1-2-8-16-14(12)19/h6-7,9-10,12H,1-5,8H2,(H,16,19)(H,17,18)/t12-/m0/s1. The van der Waals surface area contributed by atoms with Crippen molar-refractivity contribution in [2.45, 2.75) is 38.1 Å². The van der Waals surface area contributed by atoms with Gasteiger partial charge in [0.2, 0.25) is 11.8 Å². The maximum absolute atomic E-state index is 11.8. The number of aryl methyl sites for hydroxylation is 1. The summed E-state index contributed by atoms with van der Waals surface area (Å²) in [7, 11) is 0. The molecule has 0 spiro atoms. The molecule has 1 saturated heterocycles. The lowest BCUT2D eigenvalue weighted by Crippen LogP contribution is -2.45. The zero-order valence-corrected chi connectivity index (χ0v) is 10.9. The van der Waals surface area contributed by atoms with E-state index in [0.717, 1.165) is 24.8 Å². The molecule has 2 amide bonds. The van der Waals surface area contributed by atoms with E-state index in [1.807, 2.05) is 12.1 Å². The van der Waals surface area contributed by atoms with E-state index in [0.29, 0.717) is 19.4 Å². The molecule has 0 aromatic carbocycles. The summed E-state index contributed by atoms with van der Waals surface area (Å²) in [5.41, 5.74) is 1.08. The molecule has 0 saturated carbocycles. The predicted molar refractivity (Wildman–Crippen MR) is 71.3 cm³/mol. The molecule has 1 fully saturated rings. The van der Waals surface area contributed by atoms with Gasteiger partial charge in [0, 0.05) is 25.4 Å². The normalized spacial score (nSPS) is 19.4. The third-order valence-corrected chi connectivity index (χ3v) is 3.26. The van der Waals surface area contributed by atoms with Crippen molar-refractivity contribution in [3.8, 4) is 0 Å². The number of carbonyl (C=O) groups excluding carboxylic acids is 2. The molecule has 102 valence electrons. The SMILES string of the molecule is O=C(CCc1ccncc1)N[C@H]1CCCCNC1=O. The molecule has 0 aliphatic carbocycles. The van der Waals surface area contributed by atoms with Crippen LogP contribution in [-0.4, -0.2) is 29.4 Å². The highest BCUT2D eigenvalue weighted by molar-refractivity contribution is 5.87. The molecular formula is C14H19N3O2. The minimum absolute atomic E-state index is 0.0604. The Morgan fingerprint density at radius 3 is 2.95 bits per heavy atom.